The molecule has 0 fully saturated rings. The Morgan fingerprint density at radius 2 is 2.25 bits per heavy atom. The maximum absolute atomic E-state index is 11.4. The summed E-state index contributed by atoms with van der Waals surface area (Å²) in [4.78, 5) is 35.3. The molecule has 0 radical (unpaired) electrons. The summed E-state index contributed by atoms with van der Waals surface area (Å²) in [6.07, 6.45) is 0.855. The maximum atomic E-state index is 11.4. The molecule has 0 aromatic carbocycles. The molecule has 0 amide bonds. The van der Waals surface area contributed by atoms with E-state index < -0.39 is 23.3 Å². The van der Waals surface area contributed by atoms with Gasteiger partial charge in [-0.1, -0.05) is 13.3 Å². The highest BCUT2D eigenvalue weighted by atomic mass is 16.4. The highest BCUT2D eigenvalue weighted by Gasteiger charge is 2.21. The lowest BCUT2D eigenvalue weighted by atomic mass is 10.1. The molecule has 0 aliphatic heterocycles. The summed E-state index contributed by atoms with van der Waals surface area (Å²) in [5.41, 5.74) is 4.03. The van der Waals surface area contributed by atoms with E-state index in [2.05, 4.69) is 0 Å². The lowest BCUT2D eigenvalue weighted by Crippen LogP contribution is -2.36. The molecule has 1 aromatic rings. The number of hydrogen-bond acceptors (Lipinski definition) is 4. The molecular weight excluding hydrogens is 214 g/mol. The van der Waals surface area contributed by atoms with Crippen molar-refractivity contribution in [3.05, 3.63) is 26.9 Å². The van der Waals surface area contributed by atoms with E-state index in [0.29, 0.717) is 6.42 Å². The van der Waals surface area contributed by atoms with Crippen LogP contribution >= 0.6 is 0 Å². The molecular formula is C9H13N3O4. The summed E-state index contributed by atoms with van der Waals surface area (Å²) in [5.74, 6) is -1.29. The van der Waals surface area contributed by atoms with Gasteiger partial charge in [0, 0.05) is 6.07 Å². The lowest BCUT2D eigenvalue weighted by molar-refractivity contribution is -0.141. The molecule has 16 heavy (non-hydrogen) atoms. The SMILES string of the molecule is CCCC(C(=O)O)n1c(N)cc(=O)[nH]c1=O. The van der Waals surface area contributed by atoms with Crippen LogP contribution in [-0.2, 0) is 4.79 Å². The number of nitrogens with one attached hydrogen (secondary N) is 1. The van der Waals surface area contributed by atoms with Crippen molar-refractivity contribution < 1.29 is 9.90 Å². The van der Waals surface area contributed by atoms with Gasteiger partial charge in [0.25, 0.3) is 5.56 Å². The van der Waals surface area contributed by atoms with Crippen molar-refractivity contribution in [2.75, 3.05) is 5.73 Å². The highest BCUT2D eigenvalue weighted by Crippen LogP contribution is 2.14. The Bertz CT molecular complexity index is 502. The largest absolute Gasteiger partial charge is 0.480 e. The zero-order valence-electron chi connectivity index (χ0n) is 8.77. The van der Waals surface area contributed by atoms with Gasteiger partial charge in [0.05, 0.1) is 0 Å². The molecule has 4 N–H and O–H groups in total. The molecule has 1 atom stereocenters. The van der Waals surface area contributed by atoms with Crippen LogP contribution in [0.3, 0.4) is 0 Å². The Morgan fingerprint density at radius 1 is 1.62 bits per heavy atom. The number of H-pyrrole nitrogens is 1. The van der Waals surface area contributed by atoms with Gasteiger partial charge < -0.3 is 10.8 Å². The monoisotopic (exact) mass is 227 g/mol. The van der Waals surface area contributed by atoms with Gasteiger partial charge in [-0.25, -0.2) is 9.59 Å². The first-order valence-corrected chi connectivity index (χ1v) is 4.81. The van der Waals surface area contributed by atoms with Crippen LogP contribution in [-0.4, -0.2) is 20.6 Å². The Hall–Kier alpha value is -2.05. The zero-order valence-corrected chi connectivity index (χ0v) is 8.77. The number of carbonyl (C=O) groups is 1. The van der Waals surface area contributed by atoms with Crippen LogP contribution in [0.2, 0.25) is 0 Å². The Morgan fingerprint density at radius 3 is 2.69 bits per heavy atom. The molecule has 0 aliphatic carbocycles. The summed E-state index contributed by atoms with van der Waals surface area (Å²) < 4.78 is 0.882. The fourth-order valence-corrected chi connectivity index (χ4v) is 1.48. The van der Waals surface area contributed by atoms with E-state index in [1.807, 2.05) is 4.98 Å². The predicted molar refractivity (Wildman–Crippen MR) is 57.3 cm³/mol. The molecule has 0 saturated heterocycles. The van der Waals surface area contributed by atoms with E-state index in [-0.39, 0.29) is 12.2 Å². The smallest absolute Gasteiger partial charge is 0.330 e. The third kappa shape index (κ3) is 2.30. The molecule has 1 aromatic heterocycles. The minimum absolute atomic E-state index is 0.144. The summed E-state index contributed by atoms with van der Waals surface area (Å²) >= 11 is 0. The second kappa shape index (κ2) is 4.65. The first kappa shape index (κ1) is 12.0. The minimum atomic E-state index is -1.15. The summed E-state index contributed by atoms with van der Waals surface area (Å²) in [6, 6.07) is -0.0538. The first-order valence-electron chi connectivity index (χ1n) is 4.81. The fraction of sp³-hybridized carbons (Fsp3) is 0.444. The van der Waals surface area contributed by atoms with Crippen molar-refractivity contribution in [2.45, 2.75) is 25.8 Å². The van der Waals surface area contributed by atoms with Gasteiger partial charge in [-0.2, -0.15) is 0 Å². The number of carboxylic acids is 1. The first-order chi connectivity index (χ1) is 7.47. The number of rotatable bonds is 4. The van der Waals surface area contributed by atoms with Crippen molar-refractivity contribution in [3.63, 3.8) is 0 Å². The quantitative estimate of drug-likeness (QED) is 0.643. The van der Waals surface area contributed by atoms with Gasteiger partial charge in [-0.3, -0.25) is 14.3 Å². The van der Waals surface area contributed by atoms with Crippen molar-refractivity contribution >= 4 is 11.8 Å². The van der Waals surface area contributed by atoms with Crippen molar-refractivity contribution in [2.24, 2.45) is 0 Å². The normalized spacial score (nSPS) is 12.3. The van der Waals surface area contributed by atoms with E-state index in [0.717, 1.165) is 10.6 Å². The number of hydrogen-bond donors (Lipinski definition) is 3. The average molecular weight is 227 g/mol. The maximum Gasteiger partial charge on any atom is 0.330 e. The minimum Gasteiger partial charge on any atom is -0.480 e. The van der Waals surface area contributed by atoms with Crippen LogP contribution in [0.15, 0.2) is 15.7 Å². The van der Waals surface area contributed by atoms with E-state index in [9.17, 15) is 14.4 Å². The number of aromatic amines is 1. The molecule has 1 unspecified atom stereocenters. The van der Waals surface area contributed by atoms with Crippen LogP contribution < -0.4 is 17.0 Å². The molecule has 7 nitrogen and oxygen atoms in total. The van der Waals surface area contributed by atoms with E-state index in [1.54, 1.807) is 6.92 Å². The van der Waals surface area contributed by atoms with Gasteiger partial charge in [0.2, 0.25) is 0 Å². The van der Waals surface area contributed by atoms with Gasteiger partial charge in [-0.15, -0.1) is 0 Å². The van der Waals surface area contributed by atoms with E-state index >= 15 is 0 Å². The van der Waals surface area contributed by atoms with Crippen LogP contribution in [0.5, 0.6) is 0 Å². The van der Waals surface area contributed by atoms with E-state index in [1.165, 1.54) is 0 Å². The number of nitrogens with zero attached hydrogens (tertiary/aromatic N) is 1. The van der Waals surface area contributed by atoms with Gasteiger partial charge >= 0.3 is 11.7 Å². The Labute approximate surface area is 90.5 Å². The second-order valence-corrected chi connectivity index (χ2v) is 3.38. The number of anilines is 1. The summed E-state index contributed by atoms with van der Waals surface area (Å²) in [5, 5.41) is 8.97. The number of nitrogens with two attached hydrogens (primary N) is 1. The lowest BCUT2D eigenvalue weighted by Gasteiger charge is -2.16. The van der Waals surface area contributed by atoms with Gasteiger partial charge in [0.1, 0.15) is 11.9 Å². The third-order valence-electron chi connectivity index (χ3n) is 2.16. The molecule has 88 valence electrons. The molecule has 0 bridgehead atoms. The highest BCUT2D eigenvalue weighted by molar-refractivity contribution is 5.72. The topological polar surface area (TPSA) is 118 Å². The van der Waals surface area contributed by atoms with Crippen molar-refractivity contribution in [3.8, 4) is 0 Å². The van der Waals surface area contributed by atoms with Crippen LogP contribution in [0.25, 0.3) is 0 Å². The molecule has 1 heterocycles. The average Bonchev–Trinajstić information content (AvgIpc) is 2.14. The van der Waals surface area contributed by atoms with Crippen LogP contribution in [0.1, 0.15) is 25.8 Å². The molecule has 1 rings (SSSR count). The van der Waals surface area contributed by atoms with Gasteiger partial charge in [-0.05, 0) is 6.42 Å². The number of aromatic nitrogens is 2. The van der Waals surface area contributed by atoms with Crippen molar-refractivity contribution in [1.29, 1.82) is 0 Å². The Kier molecular flexibility index (Phi) is 3.49. The summed E-state index contributed by atoms with van der Waals surface area (Å²) in [7, 11) is 0. The second-order valence-electron chi connectivity index (χ2n) is 3.38. The number of aliphatic carboxylic acids is 1. The van der Waals surface area contributed by atoms with Crippen LogP contribution in [0.4, 0.5) is 5.82 Å². The third-order valence-corrected chi connectivity index (χ3v) is 2.16. The van der Waals surface area contributed by atoms with Gasteiger partial charge in [0.15, 0.2) is 0 Å². The van der Waals surface area contributed by atoms with E-state index in [4.69, 9.17) is 10.8 Å². The molecule has 7 heteroatoms. The molecule has 0 spiro atoms. The fourth-order valence-electron chi connectivity index (χ4n) is 1.48. The predicted octanol–water partition coefficient (Wildman–Crippen LogP) is -0.455. The summed E-state index contributed by atoms with van der Waals surface area (Å²) in [6.45, 7) is 1.79. The standard InChI is InChI=1S/C9H13N3O4/c1-2-3-5(8(14)15)12-6(10)4-7(13)11-9(12)16/h4-5H,2-3,10H2,1H3,(H,14,15)(H,11,13,16). The van der Waals surface area contributed by atoms with Crippen LogP contribution in [0, 0.1) is 0 Å². The zero-order chi connectivity index (χ0) is 12.3. The number of carboxylic acid groups (broad SMARTS) is 1. The Balaban J connectivity index is 3.35. The van der Waals surface area contributed by atoms with Crippen molar-refractivity contribution in [1.82, 2.24) is 9.55 Å². The molecule has 0 saturated carbocycles. The molecule has 0 aliphatic rings. The number of nitrogen functional groups attached to an aromatic ring is 1.